The van der Waals surface area contributed by atoms with Crippen molar-refractivity contribution in [2.24, 2.45) is 0 Å². The van der Waals surface area contributed by atoms with Gasteiger partial charge in [0.05, 0.1) is 4.47 Å². The predicted molar refractivity (Wildman–Crippen MR) is 63.4 cm³/mol. The molecule has 0 unspecified atom stereocenters. The summed E-state index contributed by atoms with van der Waals surface area (Å²) in [5.74, 6) is 0.146. The fourth-order valence-electron chi connectivity index (χ4n) is 1.12. The smallest absolute Gasteiger partial charge is 0.221 e. The Morgan fingerprint density at radius 2 is 2.06 bits per heavy atom. The molecule has 0 amide bonds. The maximum absolute atomic E-state index is 12.8. The van der Waals surface area contributed by atoms with Gasteiger partial charge in [-0.05, 0) is 40.2 Å². The summed E-state index contributed by atoms with van der Waals surface area (Å²) in [7, 11) is 0. The van der Waals surface area contributed by atoms with Gasteiger partial charge in [-0.3, -0.25) is 0 Å². The molecule has 1 heterocycles. The predicted octanol–water partition coefficient (Wildman–Crippen LogP) is 4.43. The molecule has 0 saturated heterocycles. The summed E-state index contributed by atoms with van der Waals surface area (Å²) in [6.45, 7) is 0. The molecule has 5 heteroatoms. The Bertz CT molecular complexity index is 521. The molecule has 0 aliphatic heterocycles. The number of benzene rings is 1. The van der Waals surface area contributed by atoms with E-state index in [0.29, 0.717) is 15.2 Å². The van der Waals surface area contributed by atoms with Gasteiger partial charge in [0, 0.05) is 11.1 Å². The molecule has 0 N–H and O–H groups in total. The average molecular weight is 303 g/mol. The number of ether oxygens (including phenoxy) is 1. The van der Waals surface area contributed by atoms with Crippen molar-refractivity contribution in [2.45, 2.75) is 0 Å². The largest absolute Gasteiger partial charge is 0.438 e. The summed E-state index contributed by atoms with van der Waals surface area (Å²) in [6.07, 6.45) is 0. The molecule has 0 fully saturated rings. The monoisotopic (exact) mass is 301 g/mol. The van der Waals surface area contributed by atoms with Gasteiger partial charge in [-0.1, -0.05) is 17.7 Å². The Balaban J connectivity index is 2.27. The minimum Gasteiger partial charge on any atom is -0.438 e. The van der Waals surface area contributed by atoms with Crippen LogP contribution in [0.4, 0.5) is 4.39 Å². The number of hydrogen-bond donors (Lipinski definition) is 0. The summed E-state index contributed by atoms with van der Waals surface area (Å²) in [5, 5.41) is 0.589. The van der Waals surface area contributed by atoms with Gasteiger partial charge in [0.2, 0.25) is 11.8 Å². The van der Waals surface area contributed by atoms with E-state index in [2.05, 4.69) is 20.9 Å². The average Bonchev–Trinajstić information content (AvgIpc) is 2.22. The van der Waals surface area contributed by atoms with E-state index in [1.54, 1.807) is 24.3 Å². The van der Waals surface area contributed by atoms with Crippen LogP contribution >= 0.6 is 27.5 Å². The topological polar surface area (TPSA) is 22.1 Å². The second kappa shape index (κ2) is 4.80. The molecule has 0 saturated carbocycles. The maximum Gasteiger partial charge on any atom is 0.221 e. The molecular formula is C11H6BrClFNO. The molecule has 0 aliphatic rings. The number of nitrogens with zero attached hydrogens (tertiary/aromatic N) is 1. The van der Waals surface area contributed by atoms with E-state index in [0.717, 1.165) is 0 Å². The van der Waals surface area contributed by atoms with Gasteiger partial charge >= 0.3 is 0 Å². The Morgan fingerprint density at radius 1 is 1.25 bits per heavy atom. The fourth-order valence-corrected chi connectivity index (χ4v) is 1.88. The molecule has 0 aliphatic carbocycles. The highest BCUT2D eigenvalue weighted by Gasteiger charge is 2.04. The zero-order valence-electron chi connectivity index (χ0n) is 7.95. The van der Waals surface area contributed by atoms with Gasteiger partial charge in [0.1, 0.15) is 5.75 Å². The summed E-state index contributed by atoms with van der Waals surface area (Å²) >= 11 is 9.08. The molecule has 2 rings (SSSR count). The molecule has 1 aromatic heterocycles. The third-order valence-corrected chi connectivity index (χ3v) is 2.65. The van der Waals surface area contributed by atoms with Crippen LogP contribution < -0.4 is 4.74 Å². The molecule has 1 aromatic carbocycles. The molecular weight excluding hydrogens is 296 g/mol. The van der Waals surface area contributed by atoms with Crippen LogP contribution in [0.1, 0.15) is 0 Å². The van der Waals surface area contributed by atoms with E-state index in [1.165, 1.54) is 12.1 Å². The van der Waals surface area contributed by atoms with Crippen LogP contribution in [-0.4, -0.2) is 4.98 Å². The highest BCUT2D eigenvalue weighted by molar-refractivity contribution is 9.10. The van der Waals surface area contributed by atoms with Crippen molar-refractivity contribution in [3.8, 4) is 11.6 Å². The molecule has 0 atom stereocenters. The van der Waals surface area contributed by atoms with Crippen molar-refractivity contribution in [3.63, 3.8) is 0 Å². The van der Waals surface area contributed by atoms with Gasteiger partial charge in [-0.15, -0.1) is 0 Å². The zero-order chi connectivity index (χ0) is 11.5. The van der Waals surface area contributed by atoms with Crippen molar-refractivity contribution >= 4 is 27.5 Å². The molecule has 0 radical (unpaired) electrons. The van der Waals surface area contributed by atoms with E-state index in [-0.39, 0.29) is 5.88 Å². The third-order valence-electron chi connectivity index (χ3n) is 1.80. The summed E-state index contributed by atoms with van der Waals surface area (Å²) < 4.78 is 18.9. The van der Waals surface area contributed by atoms with Crippen LogP contribution in [-0.2, 0) is 0 Å². The van der Waals surface area contributed by atoms with Gasteiger partial charge in [0.15, 0.2) is 0 Å². The van der Waals surface area contributed by atoms with Crippen LogP contribution in [0.3, 0.4) is 0 Å². The highest BCUT2D eigenvalue weighted by atomic mass is 79.9. The Morgan fingerprint density at radius 3 is 2.75 bits per heavy atom. The van der Waals surface area contributed by atoms with Gasteiger partial charge in [-0.2, -0.15) is 9.37 Å². The van der Waals surface area contributed by atoms with E-state index in [9.17, 15) is 4.39 Å². The van der Waals surface area contributed by atoms with Gasteiger partial charge in [0.25, 0.3) is 0 Å². The Hall–Kier alpha value is -1.13. The van der Waals surface area contributed by atoms with Crippen LogP contribution in [0, 0.1) is 5.95 Å². The highest BCUT2D eigenvalue weighted by Crippen LogP contribution is 2.30. The van der Waals surface area contributed by atoms with Crippen molar-refractivity contribution in [1.29, 1.82) is 0 Å². The first-order chi connectivity index (χ1) is 7.65. The zero-order valence-corrected chi connectivity index (χ0v) is 10.3. The number of aromatic nitrogens is 1. The van der Waals surface area contributed by atoms with Crippen LogP contribution in [0.5, 0.6) is 11.6 Å². The van der Waals surface area contributed by atoms with Crippen molar-refractivity contribution in [2.75, 3.05) is 0 Å². The van der Waals surface area contributed by atoms with Gasteiger partial charge < -0.3 is 4.74 Å². The first-order valence-corrected chi connectivity index (χ1v) is 5.58. The molecule has 82 valence electrons. The summed E-state index contributed by atoms with van der Waals surface area (Å²) in [4.78, 5) is 3.59. The standard InChI is InChI=1S/C11H6BrClFNO/c12-8-6-7(13)4-5-9(8)16-11-3-1-2-10(14)15-11/h1-6H. The Labute approximate surface area is 105 Å². The van der Waals surface area contributed by atoms with Crippen molar-refractivity contribution < 1.29 is 9.13 Å². The maximum atomic E-state index is 12.8. The summed E-state index contributed by atoms with van der Waals surface area (Å²) in [6, 6.07) is 9.41. The lowest BCUT2D eigenvalue weighted by molar-refractivity contribution is 0.443. The molecule has 2 nitrogen and oxygen atoms in total. The molecule has 2 aromatic rings. The second-order valence-electron chi connectivity index (χ2n) is 2.98. The van der Waals surface area contributed by atoms with E-state index >= 15 is 0 Å². The first kappa shape index (κ1) is 11.4. The number of hydrogen-bond acceptors (Lipinski definition) is 2. The van der Waals surface area contributed by atoms with Crippen molar-refractivity contribution in [3.05, 3.63) is 51.8 Å². The number of pyridine rings is 1. The SMILES string of the molecule is Fc1cccc(Oc2ccc(Cl)cc2Br)n1. The molecule has 16 heavy (non-hydrogen) atoms. The quantitative estimate of drug-likeness (QED) is 0.766. The van der Waals surface area contributed by atoms with E-state index in [4.69, 9.17) is 16.3 Å². The Kier molecular flexibility index (Phi) is 3.41. The van der Waals surface area contributed by atoms with Gasteiger partial charge in [-0.25, -0.2) is 0 Å². The summed E-state index contributed by atoms with van der Waals surface area (Å²) in [5.41, 5.74) is 0. The normalized spacial score (nSPS) is 10.2. The number of rotatable bonds is 2. The van der Waals surface area contributed by atoms with Crippen LogP contribution in [0.15, 0.2) is 40.9 Å². The molecule has 0 spiro atoms. The fraction of sp³-hybridized carbons (Fsp3) is 0. The lowest BCUT2D eigenvalue weighted by atomic mass is 10.3. The van der Waals surface area contributed by atoms with Crippen LogP contribution in [0.2, 0.25) is 5.02 Å². The van der Waals surface area contributed by atoms with Crippen LogP contribution in [0.25, 0.3) is 0 Å². The minimum absolute atomic E-state index is 0.197. The lowest BCUT2D eigenvalue weighted by Crippen LogP contribution is -1.90. The third kappa shape index (κ3) is 2.71. The second-order valence-corrected chi connectivity index (χ2v) is 4.27. The van der Waals surface area contributed by atoms with E-state index < -0.39 is 5.95 Å². The minimum atomic E-state index is -0.581. The molecule has 0 bridgehead atoms. The first-order valence-electron chi connectivity index (χ1n) is 4.40. The van der Waals surface area contributed by atoms with Crippen molar-refractivity contribution in [1.82, 2.24) is 4.98 Å². The van der Waals surface area contributed by atoms with E-state index in [1.807, 2.05) is 0 Å². The number of halogens is 3. The lowest BCUT2D eigenvalue weighted by Gasteiger charge is -2.06.